The molecule has 122 valence electrons. The minimum atomic E-state index is -0.362. The van der Waals surface area contributed by atoms with Gasteiger partial charge in [-0.1, -0.05) is 0 Å². The average molecular weight is 316 g/mol. The Morgan fingerprint density at radius 2 is 1.91 bits per heavy atom. The molecule has 0 aliphatic carbocycles. The smallest absolute Gasteiger partial charge is 0.247 e. The minimum absolute atomic E-state index is 0.0379. The first-order valence-electron chi connectivity index (χ1n) is 7.50. The number of nitrogens with zero attached hydrogens (tertiary/aromatic N) is 4. The number of fused-ring (bicyclic) bond motifs is 1. The summed E-state index contributed by atoms with van der Waals surface area (Å²) < 4.78 is 12.3. The van der Waals surface area contributed by atoms with Gasteiger partial charge in [0, 0.05) is 13.1 Å². The van der Waals surface area contributed by atoms with Crippen molar-refractivity contribution in [3.05, 3.63) is 35.9 Å². The zero-order valence-electron chi connectivity index (χ0n) is 13.5. The zero-order chi connectivity index (χ0) is 16.4. The van der Waals surface area contributed by atoms with Crippen molar-refractivity contribution >= 4 is 5.91 Å². The normalized spacial score (nSPS) is 15.0. The summed E-state index contributed by atoms with van der Waals surface area (Å²) in [6.07, 6.45) is 3.80. The third-order valence-corrected chi connectivity index (χ3v) is 4.22. The van der Waals surface area contributed by atoms with Crippen molar-refractivity contribution in [3.8, 4) is 11.5 Å². The van der Waals surface area contributed by atoms with Gasteiger partial charge in [-0.25, -0.2) is 9.67 Å². The van der Waals surface area contributed by atoms with Gasteiger partial charge in [0.1, 0.15) is 18.7 Å². The number of hydrogen-bond donors (Lipinski definition) is 0. The van der Waals surface area contributed by atoms with Crippen molar-refractivity contribution in [2.75, 3.05) is 20.8 Å². The lowest BCUT2D eigenvalue weighted by Gasteiger charge is -2.31. The molecular weight excluding hydrogens is 296 g/mol. The standard InChI is InChI=1S/C16H20N4O3/c1-11(20-10-17-9-18-20)16(21)19-5-4-12-6-14(22-2)15(23-3)7-13(12)8-19/h6-7,9-11H,4-5,8H2,1-3H3. The third kappa shape index (κ3) is 2.86. The van der Waals surface area contributed by atoms with Crippen LogP contribution in [0.2, 0.25) is 0 Å². The molecule has 0 saturated heterocycles. The lowest BCUT2D eigenvalue weighted by Crippen LogP contribution is -2.40. The summed E-state index contributed by atoms with van der Waals surface area (Å²) >= 11 is 0. The van der Waals surface area contributed by atoms with Crippen LogP contribution in [-0.4, -0.2) is 46.3 Å². The quantitative estimate of drug-likeness (QED) is 0.854. The number of amides is 1. The molecule has 1 aliphatic heterocycles. The summed E-state index contributed by atoms with van der Waals surface area (Å²) in [6.45, 7) is 3.08. The Kier molecular flexibility index (Phi) is 4.18. The van der Waals surface area contributed by atoms with Gasteiger partial charge < -0.3 is 14.4 Å². The SMILES string of the molecule is COc1cc2c(cc1OC)CN(C(=O)C(C)n1cncn1)CC2. The highest BCUT2D eigenvalue weighted by Crippen LogP contribution is 2.33. The molecule has 0 bridgehead atoms. The van der Waals surface area contributed by atoms with Crippen LogP contribution in [-0.2, 0) is 17.8 Å². The fourth-order valence-electron chi connectivity index (χ4n) is 2.87. The van der Waals surface area contributed by atoms with Gasteiger partial charge in [0.25, 0.3) is 0 Å². The highest BCUT2D eigenvalue weighted by Gasteiger charge is 2.27. The Hall–Kier alpha value is -2.57. The third-order valence-electron chi connectivity index (χ3n) is 4.22. The zero-order valence-corrected chi connectivity index (χ0v) is 13.5. The molecule has 0 radical (unpaired) electrons. The number of carbonyl (C=O) groups is 1. The first kappa shape index (κ1) is 15.3. The van der Waals surface area contributed by atoms with E-state index >= 15 is 0 Å². The second-order valence-corrected chi connectivity index (χ2v) is 5.54. The van der Waals surface area contributed by atoms with E-state index in [2.05, 4.69) is 10.1 Å². The summed E-state index contributed by atoms with van der Waals surface area (Å²) in [5, 5.41) is 4.05. The molecule has 1 aliphatic rings. The van der Waals surface area contributed by atoms with E-state index in [1.165, 1.54) is 11.9 Å². The first-order chi connectivity index (χ1) is 11.1. The van der Waals surface area contributed by atoms with Crippen molar-refractivity contribution < 1.29 is 14.3 Å². The summed E-state index contributed by atoms with van der Waals surface area (Å²) in [7, 11) is 3.24. The van der Waals surface area contributed by atoms with Gasteiger partial charge in [-0.2, -0.15) is 5.10 Å². The maximum absolute atomic E-state index is 12.7. The molecule has 0 spiro atoms. The molecular formula is C16H20N4O3. The lowest BCUT2D eigenvalue weighted by atomic mass is 9.98. The Morgan fingerprint density at radius 3 is 2.52 bits per heavy atom. The molecule has 1 aromatic carbocycles. The largest absolute Gasteiger partial charge is 0.493 e. The van der Waals surface area contributed by atoms with Crippen LogP contribution in [0.25, 0.3) is 0 Å². The molecule has 0 saturated carbocycles. The van der Waals surface area contributed by atoms with Crippen LogP contribution < -0.4 is 9.47 Å². The molecule has 2 aromatic rings. The number of carbonyl (C=O) groups excluding carboxylic acids is 1. The van der Waals surface area contributed by atoms with Crippen molar-refractivity contribution in [1.29, 1.82) is 0 Å². The summed E-state index contributed by atoms with van der Waals surface area (Å²) in [5.74, 6) is 1.45. The Balaban J connectivity index is 1.81. The van der Waals surface area contributed by atoms with E-state index in [4.69, 9.17) is 9.47 Å². The highest BCUT2D eigenvalue weighted by atomic mass is 16.5. The molecule has 23 heavy (non-hydrogen) atoms. The summed E-state index contributed by atoms with van der Waals surface area (Å²) in [4.78, 5) is 18.4. The Labute approximate surface area is 134 Å². The molecule has 7 nitrogen and oxygen atoms in total. The highest BCUT2D eigenvalue weighted by molar-refractivity contribution is 5.80. The summed E-state index contributed by atoms with van der Waals surface area (Å²) in [5.41, 5.74) is 2.29. The van der Waals surface area contributed by atoms with E-state index in [0.717, 1.165) is 17.7 Å². The number of benzene rings is 1. The number of aromatic nitrogens is 3. The van der Waals surface area contributed by atoms with Crippen LogP contribution in [0.1, 0.15) is 24.1 Å². The maximum Gasteiger partial charge on any atom is 0.247 e. The number of rotatable bonds is 4. The van der Waals surface area contributed by atoms with E-state index in [-0.39, 0.29) is 11.9 Å². The van der Waals surface area contributed by atoms with Gasteiger partial charge in [-0.3, -0.25) is 4.79 Å². The Bertz CT molecular complexity index is 700. The molecule has 1 aromatic heterocycles. The Morgan fingerprint density at radius 1 is 1.22 bits per heavy atom. The molecule has 2 heterocycles. The van der Waals surface area contributed by atoms with Crippen LogP contribution in [0.15, 0.2) is 24.8 Å². The predicted molar refractivity (Wildman–Crippen MR) is 83.4 cm³/mol. The monoisotopic (exact) mass is 316 g/mol. The topological polar surface area (TPSA) is 69.5 Å². The lowest BCUT2D eigenvalue weighted by molar-refractivity contribution is -0.135. The van der Waals surface area contributed by atoms with Gasteiger partial charge in [0.2, 0.25) is 5.91 Å². The van der Waals surface area contributed by atoms with E-state index in [1.807, 2.05) is 24.0 Å². The molecule has 0 N–H and O–H groups in total. The van der Waals surface area contributed by atoms with Gasteiger partial charge >= 0.3 is 0 Å². The van der Waals surface area contributed by atoms with Crippen LogP contribution in [0.3, 0.4) is 0 Å². The fraction of sp³-hybridized carbons (Fsp3) is 0.438. The van der Waals surface area contributed by atoms with E-state index in [1.54, 1.807) is 25.2 Å². The van der Waals surface area contributed by atoms with Crippen LogP contribution in [0, 0.1) is 0 Å². The second kappa shape index (κ2) is 6.28. The molecule has 3 rings (SSSR count). The van der Waals surface area contributed by atoms with Crippen molar-refractivity contribution in [1.82, 2.24) is 19.7 Å². The minimum Gasteiger partial charge on any atom is -0.493 e. The van der Waals surface area contributed by atoms with Crippen LogP contribution >= 0.6 is 0 Å². The maximum atomic E-state index is 12.7. The van der Waals surface area contributed by atoms with Gasteiger partial charge in [-0.05, 0) is 36.6 Å². The number of methoxy groups -OCH3 is 2. The molecule has 7 heteroatoms. The summed E-state index contributed by atoms with van der Waals surface area (Å²) in [6, 6.07) is 3.59. The van der Waals surface area contributed by atoms with Crippen LogP contribution in [0.5, 0.6) is 11.5 Å². The second-order valence-electron chi connectivity index (χ2n) is 5.54. The molecule has 0 fully saturated rings. The van der Waals surface area contributed by atoms with Gasteiger partial charge in [0.15, 0.2) is 11.5 Å². The fourth-order valence-corrected chi connectivity index (χ4v) is 2.87. The molecule has 1 atom stereocenters. The number of ether oxygens (including phenoxy) is 2. The number of hydrogen-bond acceptors (Lipinski definition) is 5. The van der Waals surface area contributed by atoms with Crippen molar-refractivity contribution in [2.45, 2.75) is 25.9 Å². The van der Waals surface area contributed by atoms with Crippen LogP contribution in [0.4, 0.5) is 0 Å². The van der Waals surface area contributed by atoms with Gasteiger partial charge in [-0.15, -0.1) is 0 Å². The molecule has 1 amide bonds. The van der Waals surface area contributed by atoms with Crippen molar-refractivity contribution in [2.24, 2.45) is 0 Å². The van der Waals surface area contributed by atoms with Gasteiger partial charge in [0.05, 0.1) is 14.2 Å². The predicted octanol–water partition coefficient (Wildman–Crippen LogP) is 1.44. The van der Waals surface area contributed by atoms with Crippen molar-refractivity contribution in [3.63, 3.8) is 0 Å². The molecule has 1 unspecified atom stereocenters. The van der Waals surface area contributed by atoms with E-state index in [0.29, 0.717) is 18.8 Å². The van der Waals surface area contributed by atoms with E-state index in [9.17, 15) is 4.79 Å². The average Bonchev–Trinajstić information content (AvgIpc) is 3.13. The van der Waals surface area contributed by atoms with E-state index < -0.39 is 0 Å². The first-order valence-corrected chi connectivity index (χ1v) is 7.50.